The predicted octanol–water partition coefficient (Wildman–Crippen LogP) is 0.936. The van der Waals surface area contributed by atoms with E-state index in [-0.39, 0.29) is 0 Å². The highest BCUT2D eigenvalue weighted by molar-refractivity contribution is 7.15. The van der Waals surface area contributed by atoms with Gasteiger partial charge in [0.15, 0.2) is 0 Å². The normalized spacial score (nSPS) is 9.30. The van der Waals surface area contributed by atoms with Gasteiger partial charge < -0.3 is 5.11 Å². The Morgan fingerprint density at radius 1 is 1.70 bits per heavy atom. The highest BCUT2D eigenvalue weighted by atomic mass is 32.1. The highest BCUT2D eigenvalue weighted by Gasteiger charge is 2.01. The molecule has 0 saturated heterocycles. The van der Waals surface area contributed by atoms with Gasteiger partial charge >= 0.3 is 6.09 Å². The van der Waals surface area contributed by atoms with Gasteiger partial charge in [0.2, 0.25) is 5.13 Å². The summed E-state index contributed by atoms with van der Waals surface area (Å²) in [7, 11) is 0. The van der Waals surface area contributed by atoms with Crippen LogP contribution in [-0.4, -0.2) is 21.4 Å². The fourth-order valence-electron chi connectivity index (χ4n) is 0.439. The predicted molar refractivity (Wildman–Crippen MR) is 36.3 cm³/mol. The van der Waals surface area contributed by atoms with Crippen molar-refractivity contribution in [1.29, 1.82) is 0 Å². The zero-order valence-electron chi connectivity index (χ0n) is 5.16. The van der Waals surface area contributed by atoms with Crippen molar-refractivity contribution in [2.45, 2.75) is 6.92 Å². The monoisotopic (exact) mass is 159 g/mol. The molecular formula is C4H5N3O2S. The van der Waals surface area contributed by atoms with E-state index in [2.05, 4.69) is 15.5 Å². The molecule has 1 aromatic heterocycles. The molecule has 10 heavy (non-hydrogen) atoms. The summed E-state index contributed by atoms with van der Waals surface area (Å²) in [6, 6.07) is 0. The van der Waals surface area contributed by atoms with Gasteiger partial charge in [0.25, 0.3) is 0 Å². The maximum atomic E-state index is 10.0. The van der Waals surface area contributed by atoms with Crippen molar-refractivity contribution in [3.05, 3.63) is 5.01 Å². The Balaban J connectivity index is 2.67. The smallest absolute Gasteiger partial charge is 0.411 e. The molecule has 5 nitrogen and oxygen atoms in total. The molecule has 0 bridgehead atoms. The topological polar surface area (TPSA) is 75.1 Å². The molecule has 0 saturated carbocycles. The minimum absolute atomic E-state index is 0.310. The first-order valence-corrected chi connectivity index (χ1v) is 3.30. The van der Waals surface area contributed by atoms with Crippen LogP contribution in [0.2, 0.25) is 0 Å². The lowest BCUT2D eigenvalue weighted by Gasteiger charge is -1.88. The molecular weight excluding hydrogens is 154 g/mol. The molecule has 1 rings (SSSR count). The number of aromatic nitrogens is 2. The van der Waals surface area contributed by atoms with Crippen LogP contribution in [0.25, 0.3) is 0 Å². The second-order valence-electron chi connectivity index (χ2n) is 1.56. The number of nitrogens with zero attached hydrogens (tertiary/aromatic N) is 2. The highest BCUT2D eigenvalue weighted by Crippen LogP contribution is 2.12. The quantitative estimate of drug-likeness (QED) is 0.639. The summed E-state index contributed by atoms with van der Waals surface area (Å²) in [5.74, 6) is 0. The van der Waals surface area contributed by atoms with Gasteiger partial charge in [0.05, 0.1) is 0 Å². The summed E-state index contributed by atoms with van der Waals surface area (Å²) in [6.07, 6.45) is -1.11. The zero-order chi connectivity index (χ0) is 7.56. The second-order valence-corrected chi connectivity index (χ2v) is 2.74. The number of nitrogens with one attached hydrogen (secondary N) is 1. The van der Waals surface area contributed by atoms with E-state index in [0.29, 0.717) is 5.13 Å². The number of rotatable bonds is 1. The molecule has 1 heterocycles. The van der Waals surface area contributed by atoms with Crippen LogP contribution in [-0.2, 0) is 0 Å². The van der Waals surface area contributed by atoms with Crippen molar-refractivity contribution >= 4 is 22.6 Å². The first-order valence-electron chi connectivity index (χ1n) is 2.48. The summed E-state index contributed by atoms with van der Waals surface area (Å²) >= 11 is 1.20. The van der Waals surface area contributed by atoms with Gasteiger partial charge in [-0.1, -0.05) is 11.3 Å². The van der Waals surface area contributed by atoms with Gasteiger partial charge in [-0.05, 0) is 6.92 Å². The zero-order valence-corrected chi connectivity index (χ0v) is 5.97. The Morgan fingerprint density at radius 2 is 2.40 bits per heavy atom. The molecule has 2 N–H and O–H groups in total. The van der Waals surface area contributed by atoms with Gasteiger partial charge in [-0.15, -0.1) is 10.2 Å². The Kier molecular flexibility index (Phi) is 1.81. The van der Waals surface area contributed by atoms with Gasteiger partial charge in [-0.25, -0.2) is 4.79 Å². The third-order valence-corrected chi connectivity index (χ3v) is 1.49. The number of amides is 1. The average molecular weight is 159 g/mol. The molecule has 0 aliphatic heterocycles. The molecule has 0 fully saturated rings. The van der Waals surface area contributed by atoms with Crippen molar-refractivity contribution in [3.8, 4) is 0 Å². The Morgan fingerprint density at radius 3 is 2.80 bits per heavy atom. The van der Waals surface area contributed by atoms with Crippen LogP contribution in [0, 0.1) is 6.92 Å². The molecule has 0 aliphatic carbocycles. The first-order chi connectivity index (χ1) is 4.68. The first kappa shape index (κ1) is 6.94. The van der Waals surface area contributed by atoms with Crippen LogP contribution >= 0.6 is 11.3 Å². The minimum atomic E-state index is -1.11. The van der Waals surface area contributed by atoms with Gasteiger partial charge in [0.1, 0.15) is 5.01 Å². The molecule has 0 atom stereocenters. The van der Waals surface area contributed by atoms with Crippen molar-refractivity contribution in [1.82, 2.24) is 10.2 Å². The van der Waals surface area contributed by atoms with Crippen molar-refractivity contribution in [3.63, 3.8) is 0 Å². The Bertz CT molecular complexity index is 246. The number of aryl methyl sites for hydroxylation is 1. The number of hydrogen-bond donors (Lipinski definition) is 2. The van der Waals surface area contributed by atoms with E-state index >= 15 is 0 Å². The summed E-state index contributed by atoms with van der Waals surface area (Å²) in [5, 5.41) is 18.5. The summed E-state index contributed by atoms with van der Waals surface area (Å²) in [5.41, 5.74) is 0. The van der Waals surface area contributed by atoms with Crippen molar-refractivity contribution in [2.24, 2.45) is 0 Å². The third-order valence-electron chi connectivity index (χ3n) is 0.740. The summed E-state index contributed by atoms with van der Waals surface area (Å²) < 4.78 is 0. The Labute approximate surface area is 60.7 Å². The molecule has 0 spiro atoms. The molecule has 1 aromatic rings. The van der Waals surface area contributed by atoms with Crippen molar-refractivity contribution < 1.29 is 9.90 Å². The molecule has 1 amide bonds. The summed E-state index contributed by atoms with van der Waals surface area (Å²) in [4.78, 5) is 10.0. The van der Waals surface area contributed by atoms with Crippen LogP contribution in [0.5, 0.6) is 0 Å². The average Bonchev–Trinajstić information content (AvgIpc) is 2.13. The van der Waals surface area contributed by atoms with Crippen LogP contribution in [0.3, 0.4) is 0 Å². The van der Waals surface area contributed by atoms with E-state index in [0.717, 1.165) is 5.01 Å². The van der Waals surface area contributed by atoms with Crippen molar-refractivity contribution in [2.75, 3.05) is 5.32 Å². The van der Waals surface area contributed by atoms with Crippen LogP contribution in [0.1, 0.15) is 5.01 Å². The molecule has 6 heteroatoms. The van der Waals surface area contributed by atoms with E-state index < -0.39 is 6.09 Å². The number of carbonyl (C=O) groups is 1. The molecule has 0 unspecified atom stereocenters. The third kappa shape index (κ3) is 1.66. The maximum absolute atomic E-state index is 10.0. The van der Waals surface area contributed by atoms with Gasteiger partial charge in [-0.3, -0.25) is 5.32 Å². The molecule has 0 radical (unpaired) electrons. The SMILES string of the molecule is Cc1nnc(NC(=O)O)s1. The fourth-order valence-corrected chi connectivity index (χ4v) is 1.02. The van der Waals surface area contributed by atoms with E-state index in [9.17, 15) is 4.79 Å². The van der Waals surface area contributed by atoms with E-state index in [1.807, 2.05) is 0 Å². The number of anilines is 1. The lowest BCUT2D eigenvalue weighted by atomic mass is 10.9. The van der Waals surface area contributed by atoms with Crippen LogP contribution < -0.4 is 5.32 Å². The molecule has 54 valence electrons. The van der Waals surface area contributed by atoms with Gasteiger partial charge in [-0.2, -0.15) is 0 Å². The second kappa shape index (κ2) is 2.61. The van der Waals surface area contributed by atoms with Crippen LogP contribution in [0.4, 0.5) is 9.93 Å². The van der Waals surface area contributed by atoms with E-state index in [4.69, 9.17) is 5.11 Å². The van der Waals surface area contributed by atoms with E-state index in [1.165, 1.54) is 11.3 Å². The number of hydrogen-bond acceptors (Lipinski definition) is 4. The largest absolute Gasteiger partial charge is 0.465 e. The lowest BCUT2D eigenvalue weighted by Crippen LogP contribution is -2.06. The van der Waals surface area contributed by atoms with E-state index in [1.54, 1.807) is 6.92 Å². The van der Waals surface area contributed by atoms with Gasteiger partial charge in [0, 0.05) is 0 Å². The summed E-state index contributed by atoms with van der Waals surface area (Å²) in [6.45, 7) is 1.75. The standard InChI is InChI=1S/C4H5N3O2S/c1-2-6-7-3(10-2)5-4(8)9/h1H3,(H,5,7)(H,8,9). The number of carboxylic acid groups (broad SMARTS) is 1. The Hall–Kier alpha value is -1.17. The van der Waals surface area contributed by atoms with Crippen LogP contribution in [0.15, 0.2) is 0 Å². The fraction of sp³-hybridized carbons (Fsp3) is 0.250. The molecule has 0 aromatic carbocycles. The molecule has 0 aliphatic rings. The minimum Gasteiger partial charge on any atom is -0.465 e. The lowest BCUT2D eigenvalue weighted by molar-refractivity contribution is 0.209. The maximum Gasteiger partial charge on any atom is 0.411 e.